The molecule has 1 atom stereocenters. The minimum atomic E-state index is -3.59. The Balaban J connectivity index is 1.57. The van der Waals surface area contributed by atoms with Gasteiger partial charge in [0.05, 0.1) is 25.2 Å². The normalized spacial score (nSPS) is 15.4. The summed E-state index contributed by atoms with van der Waals surface area (Å²) in [5, 5.41) is 2.89. The van der Waals surface area contributed by atoms with Crippen molar-refractivity contribution in [3.63, 3.8) is 0 Å². The number of rotatable bonds is 10. The topological polar surface area (TPSA) is 103 Å². The summed E-state index contributed by atoms with van der Waals surface area (Å²) in [5.74, 6) is 1.37. The highest BCUT2D eigenvalue weighted by molar-refractivity contribution is 7.89. The summed E-state index contributed by atoms with van der Waals surface area (Å²) in [5.41, 5.74) is 1.51. The van der Waals surface area contributed by atoms with E-state index in [9.17, 15) is 13.2 Å². The molecule has 2 aromatic carbocycles. The molecule has 186 valence electrons. The summed E-state index contributed by atoms with van der Waals surface area (Å²) >= 11 is 0. The molecule has 1 aliphatic rings. The van der Waals surface area contributed by atoms with Crippen LogP contribution in [0.1, 0.15) is 56.2 Å². The third kappa shape index (κ3) is 6.64. The first kappa shape index (κ1) is 25.8. The minimum Gasteiger partial charge on any atom is -0.493 e. The average Bonchev–Trinajstić information content (AvgIpc) is 2.83. The molecule has 1 aliphatic carbocycles. The monoisotopic (exact) mass is 490 g/mol. The number of hydrogen-bond acceptors (Lipinski definition) is 6. The van der Waals surface area contributed by atoms with Gasteiger partial charge in [-0.25, -0.2) is 13.1 Å². The number of ether oxygens (including phenoxy) is 3. The van der Waals surface area contributed by atoms with Crippen LogP contribution in [0.5, 0.6) is 17.2 Å². The molecule has 0 aliphatic heterocycles. The van der Waals surface area contributed by atoms with Gasteiger partial charge in [0.2, 0.25) is 10.0 Å². The second-order valence-electron chi connectivity index (χ2n) is 8.58. The van der Waals surface area contributed by atoms with Gasteiger partial charge in [0, 0.05) is 6.04 Å². The Hall–Kier alpha value is -2.78. The number of aryl methyl sites for hydroxylation is 1. The number of carbonyl (C=O) groups is 1. The van der Waals surface area contributed by atoms with E-state index in [0.717, 1.165) is 37.7 Å². The zero-order valence-electron chi connectivity index (χ0n) is 20.2. The average molecular weight is 491 g/mol. The molecule has 34 heavy (non-hydrogen) atoms. The van der Waals surface area contributed by atoms with Crippen LogP contribution in [0.3, 0.4) is 0 Å². The number of sulfonamides is 1. The molecular weight excluding hydrogens is 456 g/mol. The molecule has 2 N–H and O–H groups in total. The number of benzene rings is 2. The lowest BCUT2D eigenvalue weighted by molar-refractivity contribution is -0.123. The summed E-state index contributed by atoms with van der Waals surface area (Å²) in [7, 11) is -0.466. The quantitative estimate of drug-likeness (QED) is 0.524. The summed E-state index contributed by atoms with van der Waals surface area (Å²) in [6.45, 7) is 3.44. The zero-order chi connectivity index (χ0) is 24.7. The van der Waals surface area contributed by atoms with E-state index in [-0.39, 0.29) is 29.5 Å². The Morgan fingerprint density at radius 2 is 1.68 bits per heavy atom. The van der Waals surface area contributed by atoms with Gasteiger partial charge in [-0.15, -0.1) is 0 Å². The van der Waals surface area contributed by atoms with Crippen LogP contribution in [0.4, 0.5) is 0 Å². The van der Waals surface area contributed by atoms with Gasteiger partial charge >= 0.3 is 0 Å². The van der Waals surface area contributed by atoms with Crippen molar-refractivity contribution in [1.82, 2.24) is 10.0 Å². The van der Waals surface area contributed by atoms with E-state index in [1.165, 1.54) is 6.07 Å². The highest BCUT2D eigenvalue weighted by Gasteiger charge is 2.22. The van der Waals surface area contributed by atoms with Crippen LogP contribution in [0, 0.1) is 6.92 Å². The lowest BCUT2D eigenvalue weighted by atomic mass is 9.96. The van der Waals surface area contributed by atoms with Gasteiger partial charge in [0.25, 0.3) is 5.91 Å². The van der Waals surface area contributed by atoms with Gasteiger partial charge in [0.1, 0.15) is 5.75 Å². The minimum absolute atomic E-state index is 0.00802. The second kappa shape index (κ2) is 11.6. The third-order valence-electron chi connectivity index (χ3n) is 6.03. The van der Waals surface area contributed by atoms with Crippen molar-refractivity contribution in [2.24, 2.45) is 0 Å². The lowest BCUT2D eigenvalue weighted by Gasteiger charge is -2.22. The van der Waals surface area contributed by atoms with Crippen molar-refractivity contribution in [2.75, 3.05) is 20.8 Å². The highest BCUT2D eigenvalue weighted by Crippen LogP contribution is 2.30. The van der Waals surface area contributed by atoms with Crippen molar-refractivity contribution in [3.05, 3.63) is 47.5 Å². The molecule has 1 unspecified atom stereocenters. The molecule has 0 saturated heterocycles. The van der Waals surface area contributed by atoms with Crippen molar-refractivity contribution in [2.45, 2.75) is 62.9 Å². The molecule has 2 aromatic rings. The van der Waals surface area contributed by atoms with Gasteiger partial charge < -0.3 is 19.5 Å². The standard InChI is InChI=1S/C25H34N2O6S/c1-17-14-21(34(29,30)27-20-8-6-5-7-9-20)11-13-22(17)33-16-25(28)26-18(2)19-10-12-23(31-3)24(15-19)32-4/h10-15,18,20,27H,5-9,16H2,1-4H3,(H,26,28). The van der Waals surface area contributed by atoms with Gasteiger partial charge in [0.15, 0.2) is 18.1 Å². The van der Waals surface area contributed by atoms with E-state index >= 15 is 0 Å². The zero-order valence-corrected chi connectivity index (χ0v) is 21.0. The highest BCUT2D eigenvalue weighted by atomic mass is 32.2. The Morgan fingerprint density at radius 1 is 1.00 bits per heavy atom. The van der Waals surface area contributed by atoms with Crippen LogP contribution in [-0.2, 0) is 14.8 Å². The van der Waals surface area contributed by atoms with Crippen LogP contribution in [0.25, 0.3) is 0 Å². The number of hydrogen-bond donors (Lipinski definition) is 2. The van der Waals surface area contributed by atoms with Crippen LogP contribution < -0.4 is 24.2 Å². The van der Waals surface area contributed by atoms with Crippen molar-refractivity contribution < 1.29 is 27.4 Å². The largest absolute Gasteiger partial charge is 0.493 e. The molecule has 1 amide bonds. The predicted octanol–water partition coefficient (Wildman–Crippen LogP) is 3.88. The molecule has 0 bridgehead atoms. The van der Waals surface area contributed by atoms with Crippen molar-refractivity contribution in [3.8, 4) is 17.2 Å². The first-order valence-electron chi connectivity index (χ1n) is 11.5. The van der Waals surface area contributed by atoms with E-state index in [4.69, 9.17) is 14.2 Å². The molecular formula is C25H34N2O6S. The van der Waals surface area contributed by atoms with Crippen LogP contribution in [0.15, 0.2) is 41.3 Å². The van der Waals surface area contributed by atoms with E-state index < -0.39 is 10.0 Å². The van der Waals surface area contributed by atoms with Gasteiger partial charge in [-0.1, -0.05) is 25.3 Å². The summed E-state index contributed by atoms with van der Waals surface area (Å²) in [4.78, 5) is 12.6. The molecule has 1 saturated carbocycles. The molecule has 0 radical (unpaired) electrons. The number of amides is 1. The summed E-state index contributed by atoms with van der Waals surface area (Å²) < 4.78 is 44.5. The summed E-state index contributed by atoms with van der Waals surface area (Å²) in [6, 6.07) is 9.86. The van der Waals surface area contributed by atoms with Gasteiger partial charge in [-0.05, 0) is 68.1 Å². The fourth-order valence-electron chi connectivity index (χ4n) is 4.09. The SMILES string of the molecule is COc1ccc(C(C)NC(=O)COc2ccc(S(=O)(=O)NC3CCCCC3)cc2C)cc1OC. The predicted molar refractivity (Wildman–Crippen MR) is 130 cm³/mol. The number of methoxy groups -OCH3 is 2. The Morgan fingerprint density at radius 3 is 2.32 bits per heavy atom. The van der Waals surface area contributed by atoms with Gasteiger partial charge in [-0.2, -0.15) is 0 Å². The van der Waals surface area contributed by atoms with Crippen LogP contribution in [-0.4, -0.2) is 41.2 Å². The van der Waals surface area contributed by atoms with Crippen molar-refractivity contribution >= 4 is 15.9 Å². The maximum Gasteiger partial charge on any atom is 0.258 e. The van der Waals surface area contributed by atoms with Gasteiger partial charge in [-0.3, -0.25) is 4.79 Å². The first-order valence-corrected chi connectivity index (χ1v) is 13.0. The Bertz CT molecular complexity index is 1100. The third-order valence-corrected chi connectivity index (χ3v) is 7.55. The first-order chi connectivity index (χ1) is 16.2. The number of nitrogens with one attached hydrogen (secondary N) is 2. The Kier molecular flexibility index (Phi) is 8.79. The molecule has 9 heteroatoms. The molecule has 3 rings (SSSR count). The molecule has 0 aromatic heterocycles. The van der Waals surface area contributed by atoms with Crippen LogP contribution in [0.2, 0.25) is 0 Å². The van der Waals surface area contributed by atoms with E-state index in [1.54, 1.807) is 39.3 Å². The fourth-order valence-corrected chi connectivity index (χ4v) is 5.48. The maximum absolute atomic E-state index is 12.7. The molecule has 8 nitrogen and oxygen atoms in total. The summed E-state index contributed by atoms with van der Waals surface area (Å²) in [6.07, 6.45) is 4.99. The maximum atomic E-state index is 12.7. The van der Waals surface area contributed by atoms with E-state index in [0.29, 0.717) is 22.8 Å². The smallest absolute Gasteiger partial charge is 0.258 e. The van der Waals surface area contributed by atoms with Crippen molar-refractivity contribution in [1.29, 1.82) is 0 Å². The van der Waals surface area contributed by atoms with E-state index in [1.807, 2.05) is 19.1 Å². The lowest BCUT2D eigenvalue weighted by Crippen LogP contribution is -2.36. The van der Waals surface area contributed by atoms with E-state index in [2.05, 4.69) is 10.0 Å². The van der Waals surface area contributed by atoms with Crippen LogP contribution >= 0.6 is 0 Å². The Labute approximate surface area is 202 Å². The second-order valence-corrected chi connectivity index (χ2v) is 10.3. The fraction of sp³-hybridized carbons (Fsp3) is 0.480. The molecule has 0 spiro atoms. The number of carbonyl (C=O) groups excluding carboxylic acids is 1. The molecule has 0 heterocycles. The molecule has 1 fully saturated rings.